The molecule has 1 heteroatoms. The van der Waals surface area contributed by atoms with Gasteiger partial charge in [0.2, 0.25) is 0 Å². The maximum absolute atomic E-state index is 2.65. The summed E-state index contributed by atoms with van der Waals surface area (Å²) in [5.41, 5.74) is 18.4. The third-order valence-corrected chi connectivity index (χ3v) is 15.8. The summed E-state index contributed by atoms with van der Waals surface area (Å²) in [5, 5.41) is 0. The third kappa shape index (κ3) is 4.79. The van der Waals surface area contributed by atoms with Crippen LogP contribution in [0.5, 0.6) is 0 Å². The van der Waals surface area contributed by atoms with Crippen molar-refractivity contribution in [3.63, 3.8) is 0 Å². The highest BCUT2D eigenvalue weighted by atomic mass is 15.1. The summed E-state index contributed by atoms with van der Waals surface area (Å²) in [5.74, 6) is 4.07. The Bertz CT molecular complexity index is 2440. The molecule has 56 heavy (non-hydrogen) atoms. The molecule has 3 fully saturated rings. The van der Waals surface area contributed by atoms with Gasteiger partial charge in [0.1, 0.15) is 0 Å². The summed E-state index contributed by atoms with van der Waals surface area (Å²) in [6, 6.07) is 54.1. The highest BCUT2D eigenvalue weighted by molar-refractivity contribution is 5.96. The molecule has 5 aliphatic carbocycles. The van der Waals surface area contributed by atoms with E-state index in [-0.39, 0.29) is 10.8 Å². The summed E-state index contributed by atoms with van der Waals surface area (Å²) < 4.78 is 0. The van der Waals surface area contributed by atoms with Gasteiger partial charge in [0, 0.05) is 27.8 Å². The van der Waals surface area contributed by atoms with Gasteiger partial charge >= 0.3 is 0 Å². The van der Waals surface area contributed by atoms with Crippen molar-refractivity contribution in [1.82, 2.24) is 0 Å². The van der Waals surface area contributed by atoms with Crippen LogP contribution in [-0.4, -0.2) is 0 Å². The Morgan fingerprint density at radius 1 is 0.482 bits per heavy atom. The molecule has 0 aliphatic heterocycles. The Labute approximate surface area is 334 Å². The Morgan fingerprint density at radius 3 is 1.82 bits per heavy atom. The van der Waals surface area contributed by atoms with Gasteiger partial charge in [-0.1, -0.05) is 143 Å². The second kappa shape index (κ2) is 12.8. The standard InChI is InChI=1S/C55H55N/c1-35-29-36(2)31-38(4)55(37(3)30-35)49-18-11-8-15-45(49)46-28-27-44(33-51(46)55)56(43-25-22-41(23-26-43)40-13-6-5-7-14-40)52-20-12-19-50-53(52)47-16-9-10-17-48(47)54(50)34-39-21-24-42(54)32-39/h5-20,22-23,25-28,33,35-39,42H,21,24,29-32,34H2,1-4H3/t35-,36?,37+,38+,39?,42?,54-,55?/m1/s1. The summed E-state index contributed by atoms with van der Waals surface area (Å²) in [6.07, 6.45) is 9.27. The molecule has 4 unspecified atom stereocenters. The van der Waals surface area contributed by atoms with Crippen molar-refractivity contribution in [3.05, 3.63) is 162 Å². The average Bonchev–Trinajstić information content (AvgIpc) is 3.98. The first-order valence-corrected chi connectivity index (χ1v) is 21.8. The lowest BCUT2D eigenvalue weighted by molar-refractivity contribution is 0.147. The lowest BCUT2D eigenvalue weighted by Gasteiger charge is -2.47. The third-order valence-electron chi connectivity index (χ3n) is 15.8. The molecule has 0 amide bonds. The van der Waals surface area contributed by atoms with Crippen LogP contribution in [0.15, 0.2) is 140 Å². The predicted octanol–water partition coefficient (Wildman–Crippen LogP) is 14.9. The zero-order valence-corrected chi connectivity index (χ0v) is 33.6. The molecular weight excluding hydrogens is 675 g/mol. The normalized spacial score (nSPS) is 29.4. The Morgan fingerprint density at radius 2 is 1.11 bits per heavy atom. The van der Waals surface area contributed by atoms with Crippen molar-refractivity contribution in [2.45, 2.75) is 83.5 Å². The summed E-state index contributed by atoms with van der Waals surface area (Å²) in [7, 11) is 0. The molecule has 0 saturated heterocycles. The van der Waals surface area contributed by atoms with E-state index in [9.17, 15) is 0 Å². The van der Waals surface area contributed by atoms with Crippen LogP contribution in [0.4, 0.5) is 17.1 Å². The van der Waals surface area contributed by atoms with Crippen molar-refractivity contribution in [1.29, 1.82) is 0 Å². The molecular formula is C55H55N. The highest BCUT2D eigenvalue weighted by Crippen LogP contribution is 2.67. The van der Waals surface area contributed by atoms with E-state index in [0.717, 1.165) is 11.8 Å². The minimum atomic E-state index is -0.0356. The number of benzene rings is 6. The maximum atomic E-state index is 2.65. The van der Waals surface area contributed by atoms with E-state index in [0.29, 0.717) is 23.7 Å². The van der Waals surface area contributed by atoms with Gasteiger partial charge in [-0.3, -0.25) is 0 Å². The molecule has 6 aromatic rings. The Hall–Kier alpha value is -4.88. The van der Waals surface area contributed by atoms with Gasteiger partial charge in [0.15, 0.2) is 0 Å². The van der Waals surface area contributed by atoms with E-state index in [1.54, 1.807) is 22.3 Å². The van der Waals surface area contributed by atoms with Gasteiger partial charge in [-0.15, -0.1) is 0 Å². The van der Waals surface area contributed by atoms with Gasteiger partial charge in [-0.2, -0.15) is 0 Å². The molecule has 6 aromatic carbocycles. The van der Waals surface area contributed by atoms with Crippen LogP contribution in [0.3, 0.4) is 0 Å². The molecule has 5 aliphatic rings. The van der Waals surface area contributed by atoms with Crippen LogP contribution in [0.25, 0.3) is 33.4 Å². The van der Waals surface area contributed by atoms with E-state index in [4.69, 9.17) is 0 Å². The largest absolute Gasteiger partial charge is 0.310 e. The lowest BCUT2D eigenvalue weighted by atomic mass is 9.56. The summed E-state index contributed by atoms with van der Waals surface area (Å²) >= 11 is 0. The van der Waals surface area contributed by atoms with Crippen LogP contribution >= 0.6 is 0 Å². The number of anilines is 3. The number of nitrogens with zero attached hydrogens (tertiary/aromatic N) is 1. The second-order valence-corrected chi connectivity index (χ2v) is 18.9. The van der Waals surface area contributed by atoms with E-state index in [1.807, 2.05) is 0 Å². The number of fused-ring (bicyclic) bond motifs is 13. The molecule has 2 spiro atoms. The molecule has 280 valence electrons. The lowest BCUT2D eigenvalue weighted by Crippen LogP contribution is -2.42. The second-order valence-electron chi connectivity index (χ2n) is 18.9. The molecule has 0 radical (unpaired) electrons. The maximum Gasteiger partial charge on any atom is 0.0543 e. The molecule has 11 rings (SSSR count). The van der Waals surface area contributed by atoms with Crippen LogP contribution in [0.1, 0.15) is 94.9 Å². The summed E-state index contributed by atoms with van der Waals surface area (Å²) in [4.78, 5) is 2.64. The van der Waals surface area contributed by atoms with E-state index in [2.05, 4.69) is 172 Å². The molecule has 3 saturated carbocycles. The van der Waals surface area contributed by atoms with Gasteiger partial charge in [0.25, 0.3) is 0 Å². The van der Waals surface area contributed by atoms with Crippen molar-refractivity contribution < 1.29 is 0 Å². The monoisotopic (exact) mass is 729 g/mol. The van der Waals surface area contributed by atoms with E-state index in [1.165, 1.54) is 95.4 Å². The minimum Gasteiger partial charge on any atom is -0.310 e. The predicted molar refractivity (Wildman–Crippen MR) is 235 cm³/mol. The molecule has 0 N–H and O–H groups in total. The Kier molecular flexibility index (Phi) is 7.87. The van der Waals surface area contributed by atoms with Crippen molar-refractivity contribution in [3.8, 4) is 33.4 Å². The zero-order valence-electron chi connectivity index (χ0n) is 33.6. The zero-order chi connectivity index (χ0) is 37.8. The molecule has 8 atom stereocenters. The molecule has 2 bridgehead atoms. The number of hydrogen-bond acceptors (Lipinski definition) is 1. The fourth-order valence-corrected chi connectivity index (χ4v) is 13.9. The van der Waals surface area contributed by atoms with Crippen molar-refractivity contribution in [2.75, 3.05) is 4.90 Å². The van der Waals surface area contributed by atoms with Gasteiger partial charge < -0.3 is 4.90 Å². The van der Waals surface area contributed by atoms with Crippen molar-refractivity contribution in [2.24, 2.45) is 35.5 Å². The van der Waals surface area contributed by atoms with Crippen LogP contribution in [0, 0.1) is 35.5 Å². The SMILES string of the molecule is CC1C[C@@H](C)C[C@H](C)C2(c3ccccc3-c3ccc(N(c4ccc(-c5ccccc5)cc4)c4cccc5c4-c4ccccc4[C@]54CC5CCC4C5)cc32)[C@@H](C)C1. The molecule has 0 heterocycles. The molecule has 0 aromatic heterocycles. The highest BCUT2D eigenvalue weighted by Gasteiger charge is 2.57. The average molecular weight is 730 g/mol. The van der Waals surface area contributed by atoms with E-state index >= 15 is 0 Å². The first kappa shape index (κ1) is 34.4. The van der Waals surface area contributed by atoms with E-state index < -0.39 is 0 Å². The Balaban J connectivity index is 1.15. The van der Waals surface area contributed by atoms with Gasteiger partial charge in [-0.25, -0.2) is 0 Å². The minimum absolute atomic E-state index is 0.0356. The summed E-state index contributed by atoms with van der Waals surface area (Å²) in [6.45, 7) is 10.2. The fourth-order valence-electron chi connectivity index (χ4n) is 13.9. The number of rotatable bonds is 4. The van der Waals surface area contributed by atoms with Gasteiger partial charge in [0.05, 0.1) is 5.69 Å². The quantitative estimate of drug-likeness (QED) is 0.175. The van der Waals surface area contributed by atoms with Crippen molar-refractivity contribution >= 4 is 17.1 Å². The smallest absolute Gasteiger partial charge is 0.0543 e. The van der Waals surface area contributed by atoms with Crippen LogP contribution < -0.4 is 4.90 Å². The van der Waals surface area contributed by atoms with Crippen LogP contribution in [-0.2, 0) is 10.8 Å². The first-order valence-electron chi connectivity index (χ1n) is 21.8. The first-order chi connectivity index (χ1) is 27.4. The van der Waals surface area contributed by atoms with Crippen LogP contribution in [0.2, 0.25) is 0 Å². The van der Waals surface area contributed by atoms with Gasteiger partial charge in [-0.05, 0) is 154 Å². The fraction of sp³-hybridized carbons (Fsp3) is 0.345. The topological polar surface area (TPSA) is 3.24 Å². The molecule has 1 nitrogen and oxygen atoms in total. The number of hydrogen-bond donors (Lipinski definition) is 0.